The van der Waals surface area contributed by atoms with Crippen molar-refractivity contribution in [2.75, 3.05) is 20.6 Å². The van der Waals surface area contributed by atoms with Crippen LogP contribution in [-0.4, -0.2) is 46.2 Å². The number of nitrogens with one attached hydrogen (secondary N) is 1. The van der Waals surface area contributed by atoms with E-state index in [0.717, 1.165) is 16.6 Å². The van der Waals surface area contributed by atoms with Crippen LogP contribution in [0.3, 0.4) is 0 Å². The Balaban J connectivity index is 1.81. The van der Waals surface area contributed by atoms with Gasteiger partial charge in [0.1, 0.15) is 5.82 Å². The number of rotatable bonds is 6. The molecule has 0 unspecified atom stereocenters. The van der Waals surface area contributed by atoms with Crippen molar-refractivity contribution in [2.24, 2.45) is 0 Å². The molecular formula is C21H26FN5O. The van der Waals surface area contributed by atoms with Crippen LogP contribution in [0, 0.1) is 12.7 Å². The number of amides is 1. The molecule has 0 radical (unpaired) electrons. The van der Waals surface area contributed by atoms with Crippen molar-refractivity contribution in [3.8, 4) is 0 Å². The highest BCUT2D eigenvalue weighted by Gasteiger charge is 2.19. The number of aromatic nitrogens is 3. The Morgan fingerprint density at radius 1 is 1.29 bits per heavy atom. The summed E-state index contributed by atoms with van der Waals surface area (Å²) >= 11 is 0. The first-order valence-corrected chi connectivity index (χ1v) is 9.33. The minimum atomic E-state index is -0.289. The van der Waals surface area contributed by atoms with Gasteiger partial charge in [-0.15, -0.1) is 0 Å². The van der Waals surface area contributed by atoms with Crippen LogP contribution in [0.5, 0.6) is 0 Å². The van der Waals surface area contributed by atoms with Gasteiger partial charge in [0.25, 0.3) is 5.91 Å². The van der Waals surface area contributed by atoms with Crippen LogP contribution < -0.4 is 5.32 Å². The highest BCUT2D eigenvalue weighted by Crippen LogP contribution is 2.21. The molecule has 0 aliphatic rings. The fourth-order valence-corrected chi connectivity index (χ4v) is 3.27. The lowest BCUT2D eigenvalue weighted by atomic mass is 10.1. The Hall–Kier alpha value is -2.80. The second kappa shape index (κ2) is 8.06. The number of halogens is 1. The summed E-state index contributed by atoms with van der Waals surface area (Å²) in [5.41, 5.74) is 2.76. The zero-order valence-electron chi connectivity index (χ0n) is 16.9. The van der Waals surface area contributed by atoms with E-state index in [1.165, 1.54) is 12.1 Å². The molecule has 2 aromatic heterocycles. The fourth-order valence-electron chi connectivity index (χ4n) is 3.27. The molecule has 1 amide bonds. The highest BCUT2D eigenvalue weighted by atomic mass is 19.1. The Morgan fingerprint density at radius 2 is 2.04 bits per heavy atom. The summed E-state index contributed by atoms with van der Waals surface area (Å²) in [6.07, 6.45) is 1.73. The van der Waals surface area contributed by atoms with Gasteiger partial charge >= 0.3 is 0 Å². The summed E-state index contributed by atoms with van der Waals surface area (Å²) in [7, 11) is 3.81. The maximum atomic E-state index is 13.6. The van der Waals surface area contributed by atoms with Crippen LogP contribution in [0.2, 0.25) is 0 Å². The smallest absolute Gasteiger partial charge is 0.253 e. The molecule has 0 aliphatic carbocycles. The van der Waals surface area contributed by atoms with Gasteiger partial charge in [0.05, 0.1) is 23.5 Å². The monoisotopic (exact) mass is 383 g/mol. The van der Waals surface area contributed by atoms with Crippen LogP contribution in [-0.2, 0) is 0 Å². The minimum absolute atomic E-state index is 0.139. The van der Waals surface area contributed by atoms with Gasteiger partial charge in [-0.3, -0.25) is 4.79 Å². The van der Waals surface area contributed by atoms with E-state index in [0.29, 0.717) is 17.8 Å². The fraction of sp³-hybridized carbons (Fsp3) is 0.381. The maximum Gasteiger partial charge on any atom is 0.253 e. The summed E-state index contributed by atoms with van der Waals surface area (Å²) in [4.78, 5) is 19.3. The van der Waals surface area contributed by atoms with Crippen molar-refractivity contribution in [2.45, 2.75) is 32.9 Å². The molecule has 0 saturated heterocycles. The maximum absolute atomic E-state index is 13.6. The minimum Gasteiger partial charge on any atom is -0.350 e. The normalized spacial score (nSPS) is 12.7. The second-order valence-corrected chi connectivity index (χ2v) is 7.46. The summed E-state index contributed by atoms with van der Waals surface area (Å²) in [6, 6.07) is 8.32. The third-order valence-electron chi connectivity index (χ3n) is 4.81. The number of carbonyl (C=O) groups excluding carboxylic acids is 1. The number of hydrogen-bond acceptors (Lipinski definition) is 4. The molecule has 0 aliphatic heterocycles. The summed E-state index contributed by atoms with van der Waals surface area (Å²) in [5, 5.41) is 8.16. The second-order valence-electron chi connectivity index (χ2n) is 7.46. The molecule has 0 spiro atoms. The molecule has 7 heteroatoms. The number of aryl methyl sites for hydroxylation is 1. The zero-order chi connectivity index (χ0) is 20.4. The Labute approximate surface area is 164 Å². The van der Waals surface area contributed by atoms with Crippen molar-refractivity contribution in [3.63, 3.8) is 0 Å². The van der Waals surface area contributed by atoms with Crippen LogP contribution in [0.25, 0.3) is 11.0 Å². The summed E-state index contributed by atoms with van der Waals surface area (Å²) < 4.78 is 15.4. The van der Waals surface area contributed by atoms with Crippen LogP contribution in [0.15, 0.2) is 36.5 Å². The van der Waals surface area contributed by atoms with E-state index in [2.05, 4.69) is 15.4 Å². The molecule has 0 bridgehead atoms. The SMILES string of the molecule is Cc1nc2c(cnn2C(C)C)cc1C(=O)NC[C@@H](c1cccc(F)c1)N(C)C. The molecule has 28 heavy (non-hydrogen) atoms. The number of nitrogens with zero attached hydrogens (tertiary/aromatic N) is 4. The first kappa shape index (κ1) is 19.9. The van der Waals surface area contributed by atoms with Crippen molar-refractivity contribution >= 4 is 16.9 Å². The molecule has 0 saturated carbocycles. The quantitative estimate of drug-likeness (QED) is 0.708. The molecular weight excluding hydrogens is 357 g/mol. The van der Waals surface area contributed by atoms with E-state index < -0.39 is 0 Å². The average Bonchev–Trinajstić information content (AvgIpc) is 3.03. The molecule has 0 fully saturated rings. The predicted molar refractivity (Wildman–Crippen MR) is 108 cm³/mol. The van der Waals surface area contributed by atoms with Crippen LogP contribution in [0.4, 0.5) is 4.39 Å². The number of hydrogen-bond donors (Lipinski definition) is 1. The molecule has 2 heterocycles. The summed E-state index contributed by atoms with van der Waals surface area (Å²) in [6.45, 7) is 6.26. The lowest BCUT2D eigenvalue weighted by molar-refractivity contribution is 0.0941. The number of carbonyl (C=O) groups is 1. The van der Waals surface area contributed by atoms with Gasteiger partial charge in [0.2, 0.25) is 0 Å². The van der Waals surface area contributed by atoms with Gasteiger partial charge in [-0.2, -0.15) is 5.10 Å². The van der Waals surface area contributed by atoms with Gasteiger partial charge in [-0.05, 0) is 58.6 Å². The van der Waals surface area contributed by atoms with E-state index >= 15 is 0 Å². The van der Waals surface area contributed by atoms with E-state index in [1.807, 2.05) is 56.6 Å². The lowest BCUT2D eigenvalue weighted by Gasteiger charge is -2.25. The van der Waals surface area contributed by atoms with Crippen molar-refractivity contribution in [1.82, 2.24) is 25.0 Å². The Bertz CT molecular complexity index is 996. The molecule has 6 nitrogen and oxygen atoms in total. The lowest BCUT2D eigenvalue weighted by Crippen LogP contribution is -2.35. The first-order valence-electron chi connectivity index (χ1n) is 9.33. The number of likely N-dealkylation sites (N-methyl/N-ethyl adjacent to an activating group) is 1. The Morgan fingerprint density at radius 3 is 2.68 bits per heavy atom. The molecule has 3 aromatic rings. The molecule has 1 N–H and O–H groups in total. The van der Waals surface area contributed by atoms with Crippen LogP contribution >= 0.6 is 0 Å². The van der Waals surface area contributed by atoms with E-state index in [1.54, 1.807) is 12.3 Å². The standard InChI is InChI=1S/C21H26FN5O/c1-13(2)27-20-16(11-24-27)10-18(14(3)25-20)21(28)23-12-19(26(4)5)15-7-6-8-17(22)9-15/h6-11,13,19H,12H2,1-5H3,(H,23,28)/t19-/m0/s1. The van der Waals surface area contributed by atoms with Gasteiger partial charge in [0.15, 0.2) is 5.65 Å². The number of fused-ring (bicyclic) bond motifs is 1. The molecule has 1 atom stereocenters. The Kier molecular flexibility index (Phi) is 5.74. The zero-order valence-corrected chi connectivity index (χ0v) is 16.9. The number of pyridine rings is 1. The molecule has 1 aromatic carbocycles. The largest absolute Gasteiger partial charge is 0.350 e. The van der Waals surface area contributed by atoms with Crippen molar-refractivity contribution < 1.29 is 9.18 Å². The van der Waals surface area contributed by atoms with Gasteiger partial charge in [-0.1, -0.05) is 12.1 Å². The average molecular weight is 383 g/mol. The van der Waals surface area contributed by atoms with Crippen LogP contribution in [0.1, 0.15) is 47.5 Å². The molecule has 3 rings (SSSR count). The van der Waals surface area contributed by atoms with Gasteiger partial charge < -0.3 is 10.2 Å². The third-order valence-corrected chi connectivity index (χ3v) is 4.81. The number of benzene rings is 1. The molecule has 148 valence electrons. The third kappa shape index (κ3) is 4.04. The van der Waals surface area contributed by atoms with Gasteiger partial charge in [-0.25, -0.2) is 14.1 Å². The van der Waals surface area contributed by atoms with E-state index in [4.69, 9.17) is 0 Å². The van der Waals surface area contributed by atoms with Gasteiger partial charge in [0, 0.05) is 18.0 Å². The van der Waals surface area contributed by atoms with Crippen molar-refractivity contribution in [1.29, 1.82) is 0 Å². The van der Waals surface area contributed by atoms with E-state index in [9.17, 15) is 9.18 Å². The summed E-state index contributed by atoms with van der Waals surface area (Å²) in [5.74, 6) is -0.490. The van der Waals surface area contributed by atoms with E-state index in [-0.39, 0.29) is 23.8 Å². The first-order chi connectivity index (χ1) is 13.3. The highest BCUT2D eigenvalue weighted by molar-refractivity contribution is 5.98. The predicted octanol–water partition coefficient (Wildman–Crippen LogP) is 3.49. The van der Waals surface area contributed by atoms with Crippen molar-refractivity contribution in [3.05, 3.63) is 59.2 Å². The topological polar surface area (TPSA) is 63.1 Å².